The highest BCUT2D eigenvalue weighted by molar-refractivity contribution is 7.80. The molecule has 0 saturated carbocycles. The van der Waals surface area contributed by atoms with Gasteiger partial charge in [0.05, 0.1) is 11.8 Å². The van der Waals surface area contributed by atoms with Crippen molar-refractivity contribution in [2.24, 2.45) is 5.73 Å². The van der Waals surface area contributed by atoms with Crippen molar-refractivity contribution >= 4 is 23.1 Å². The molecular formula is C6H5N5S. The van der Waals surface area contributed by atoms with Gasteiger partial charge in [-0.15, -0.1) is 5.10 Å². The molecule has 3 N–H and O–H groups in total. The molecule has 0 aliphatic heterocycles. The van der Waals surface area contributed by atoms with E-state index >= 15 is 0 Å². The summed E-state index contributed by atoms with van der Waals surface area (Å²) in [6.45, 7) is 0. The van der Waals surface area contributed by atoms with Crippen LogP contribution in [-0.4, -0.2) is 15.3 Å². The fourth-order valence-electron chi connectivity index (χ4n) is 0.631. The Kier molecular flexibility index (Phi) is 2.50. The Labute approximate surface area is 74.2 Å². The van der Waals surface area contributed by atoms with Gasteiger partial charge < -0.3 is 11.1 Å². The largest absolute Gasteiger partial charge is 0.376 e. The van der Waals surface area contributed by atoms with Crippen molar-refractivity contribution in [1.82, 2.24) is 10.2 Å². The van der Waals surface area contributed by atoms with E-state index in [0.29, 0.717) is 5.56 Å². The van der Waals surface area contributed by atoms with E-state index in [1.54, 1.807) is 0 Å². The van der Waals surface area contributed by atoms with E-state index in [2.05, 4.69) is 27.7 Å². The van der Waals surface area contributed by atoms with Crippen LogP contribution in [0.1, 0.15) is 5.56 Å². The van der Waals surface area contributed by atoms with Crippen LogP contribution >= 0.6 is 12.2 Å². The lowest BCUT2D eigenvalue weighted by atomic mass is 10.3. The molecule has 1 heterocycles. The van der Waals surface area contributed by atoms with Crippen molar-refractivity contribution in [1.29, 1.82) is 5.26 Å². The van der Waals surface area contributed by atoms with Crippen LogP contribution in [0.2, 0.25) is 0 Å². The monoisotopic (exact) mass is 179 g/mol. The van der Waals surface area contributed by atoms with E-state index in [-0.39, 0.29) is 10.9 Å². The number of nitrogens with two attached hydrogens (primary N) is 1. The third-order valence-corrected chi connectivity index (χ3v) is 1.18. The minimum atomic E-state index is 0.0620. The Bertz CT molecular complexity index is 342. The van der Waals surface area contributed by atoms with E-state index in [0.717, 1.165) is 0 Å². The maximum absolute atomic E-state index is 8.59. The Morgan fingerprint density at radius 1 is 1.75 bits per heavy atom. The molecular weight excluding hydrogens is 174 g/mol. The molecule has 0 aromatic carbocycles. The third kappa shape index (κ3) is 1.87. The third-order valence-electron chi connectivity index (χ3n) is 1.08. The lowest BCUT2D eigenvalue weighted by molar-refractivity contribution is 1.03. The second-order valence-electron chi connectivity index (χ2n) is 1.89. The Morgan fingerprint density at radius 2 is 2.50 bits per heavy atom. The smallest absolute Gasteiger partial charge is 0.172 e. The van der Waals surface area contributed by atoms with Gasteiger partial charge in [0.25, 0.3) is 0 Å². The molecule has 0 fully saturated rings. The number of nitrogens with one attached hydrogen (secondary N) is 1. The van der Waals surface area contributed by atoms with Gasteiger partial charge in [-0.1, -0.05) is 0 Å². The highest BCUT2D eigenvalue weighted by Gasteiger charge is 2.02. The molecule has 0 amide bonds. The molecule has 0 spiro atoms. The summed E-state index contributed by atoms with van der Waals surface area (Å²) in [6, 6.07) is 3.44. The first kappa shape index (κ1) is 8.36. The van der Waals surface area contributed by atoms with Crippen LogP contribution in [0.15, 0.2) is 12.3 Å². The molecule has 0 unspecified atom stereocenters. The molecule has 5 nitrogen and oxygen atoms in total. The topological polar surface area (TPSA) is 87.6 Å². The second kappa shape index (κ2) is 3.59. The van der Waals surface area contributed by atoms with E-state index in [9.17, 15) is 0 Å². The Hall–Kier alpha value is -1.74. The predicted octanol–water partition coefficient (Wildman–Crippen LogP) is 0.00378. The van der Waals surface area contributed by atoms with Crippen LogP contribution in [0.5, 0.6) is 0 Å². The summed E-state index contributed by atoms with van der Waals surface area (Å²) in [7, 11) is 0. The SMILES string of the molecule is N#Cc1ccnnc1NC(N)=S. The Morgan fingerprint density at radius 3 is 3.08 bits per heavy atom. The van der Waals surface area contributed by atoms with Gasteiger partial charge in [-0.3, -0.25) is 0 Å². The number of hydrogen-bond donors (Lipinski definition) is 2. The van der Waals surface area contributed by atoms with Crippen molar-refractivity contribution in [3.05, 3.63) is 17.8 Å². The molecule has 60 valence electrons. The fourth-order valence-corrected chi connectivity index (χ4v) is 0.728. The minimum absolute atomic E-state index is 0.0620. The zero-order chi connectivity index (χ0) is 8.97. The molecule has 12 heavy (non-hydrogen) atoms. The molecule has 0 aliphatic carbocycles. The van der Waals surface area contributed by atoms with E-state index < -0.39 is 0 Å². The van der Waals surface area contributed by atoms with Gasteiger partial charge in [-0.2, -0.15) is 10.4 Å². The molecule has 0 atom stereocenters. The van der Waals surface area contributed by atoms with E-state index in [4.69, 9.17) is 11.0 Å². The fraction of sp³-hybridized carbons (Fsp3) is 0. The number of nitrogens with zero attached hydrogens (tertiary/aromatic N) is 3. The van der Waals surface area contributed by atoms with Crippen LogP contribution in [-0.2, 0) is 0 Å². The molecule has 0 radical (unpaired) electrons. The maximum Gasteiger partial charge on any atom is 0.172 e. The lowest BCUT2D eigenvalue weighted by Crippen LogP contribution is -2.20. The van der Waals surface area contributed by atoms with Crippen molar-refractivity contribution in [2.45, 2.75) is 0 Å². The van der Waals surface area contributed by atoms with Gasteiger partial charge in [0, 0.05) is 0 Å². The molecule has 1 aromatic rings. The molecule has 0 saturated heterocycles. The van der Waals surface area contributed by atoms with Crippen LogP contribution in [0.3, 0.4) is 0 Å². The summed E-state index contributed by atoms with van der Waals surface area (Å²) in [5, 5.41) is 18.4. The molecule has 1 rings (SSSR count). The Balaban J connectivity index is 2.99. The van der Waals surface area contributed by atoms with Gasteiger partial charge >= 0.3 is 0 Å². The summed E-state index contributed by atoms with van der Waals surface area (Å²) in [5.74, 6) is 0.285. The molecule has 0 bridgehead atoms. The van der Waals surface area contributed by atoms with Crippen LogP contribution < -0.4 is 11.1 Å². The first-order chi connectivity index (χ1) is 5.74. The number of nitriles is 1. The average molecular weight is 179 g/mol. The first-order valence-electron chi connectivity index (χ1n) is 3.02. The first-order valence-corrected chi connectivity index (χ1v) is 3.43. The quantitative estimate of drug-likeness (QED) is 0.590. The number of hydrogen-bond acceptors (Lipinski definition) is 4. The average Bonchev–Trinajstić information content (AvgIpc) is 2.04. The van der Waals surface area contributed by atoms with Gasteiger partial charge in [-0.25, -0.2) is 0 Å². The normalized spacial score (nSPS) is 8.58. The van der Waals surface area contributed by atoms with Gasteiger partial charge in [0.15, 0.2) is 10.9 Å². The van der Waals surface area contributed by atoms with Gasteiger partial charge in [-0.05, 0) is 18.3 Å². The summed E-state index contributed by atoms with van der Waals surface area (Å²) in [6.07, 6.45) is 1.42. The summed E-state index contributed by atoms with van der Waals surface area (Å²) >= 11 is 4.57. The maximum atomic E-state index is 8.59. The van der Waals surface area contributed by atoms with Crippen LogP contribution in [0.25, 0.3) is 0 Å². The molecule has 1 aromatic heterocycles. The van der Waals surface area contributed by atoms with Crippen molar-refractivity contribution < 1.29 is 0 Å². The van der Waals surface area contributed by atoms with Crippen molar-refractivity contribution in [2.75, 3.05) is 5.32 Å². The number of thiocarbonyl (C=S) groups is 1. The summed E-state index contributed by atoms with van der Waals surface area (Å²) < 4.78 is 0. The van der Waals surface area contributed by atoms with Crippen molar-refractivity contribution in [3.63, 3.8) is 0 Å². The predicted molar refractivity (Wildman–Crippen MR) is 47.2 cm³/mol. The number of rotatable bonds is 1. The van der Waals surface area contributed by atoms with Gasteiger partial charge in [0.2, 0.25) is 0 Å². The zero-order valence-electron chi connectivity index (χ0n) is 5.98. The molecule has 0 aliphatic rings. The van der Waals surface area contributed by atoms with Crippen LogP contribution in [0, 0.1) is 11.3 Å². The highest BCUT2D eigenvalue weighted by Crippen LogP contribution is 2.06. The zero-order valence-corrected chi connectivity index (χ0v) is 6.80. The standard InChI is InChI=1S/C6H5N5S/c7-3-4-1-2-9-11-5(4)10-6(8)12/h1-2H,(H3,8,10,11,12). The summed E-state index contributed by atoms with van der Waals surface area (Å²) in [4.78, 5) is 0. The minimum Gasteiger partial charge on any atom is -0.376 e. The molecule has 6 heteroatoms. The second-order valence-corrected chi connectivity index (χ2v) is 2.33. The van der Waals surface area contributed by atoms with Gasteiger partial charge in [0.1, 0.15) is 6.07 Å². The lowest BCUT2D eigenvalue weighted by Gasteiger charge is -2.01. The summed E-state index contributed by atoms with van der Waals surface area (Å²) in [5.41, 5.74) is 5.55. The van der Waals surface area contributed by atoms with E-state index in [1.807, 2.05) is 6.07 Å². The highest BCUT2D eigenvalue weighted by atomic mass is 32.1. The van der Waals surface area contributed by atoms with E-state index in [1.165, 1.54) is 12.3 Å². The van der Waals surface area contributed by atoms with Crippen LogP contribution in [0.4, 0.5) is 5.82 Å². The number of aromatic nitrogens is 2. The van der Waals surface area contributed by atoms with Crippen molar-refractivity contribution in [3.8, 4) is 6.07 Å². The number of anilines is 1.